The van der Waals surface area contributed by atoms with E-state index in [9.17, 15) is 14.9 Å². The van der Waals surface area contributed by atoms with Gasteiger partial charge in [0.25, 0.3) is 5.19 Å². The summed E-state index contributed by atoms with van der Waals surface area (Å²) in [5.41, 5.74) is -0.245. The molecule has 0 aliphatic rings. The van der Waals surface area contributed by atoms with Crippen LogP contribution in [0.1, 0.15) is 9.67 Å². The van der Waals surface area contributed by atoms with Crippen molar-refractivity contribution in [3.05, 3.63) is 44.4 Å². The molecule has 1 heterocycles. The van der Waals surface area contributed by atoms with Crippen LogP contribution in [0, 0.1) is 10.1 Å². The number of thiazole rings is 1. The lowest BCUT2D eigenvalue weighted by molar-refractivity contribution is -0.385. The summed E-state index contributed by atoms with van der Waals surface area (Å²) >= 11 is 6.31. The number of carboxylic acid groups (broad SMARTS) is 1. The highest BCUT2D eigenvalue weighted by molar-refractivity contribution is 7.15. The third-order valence-corrected chi connectivity index (χ3v) is 3.33. The molecular weight excluding hydrogens is 296 g/mol. The maximum absolute atomic E-state index is 10.8. The maximum atomic E-state index is 10.8. The van der Waals surface area contributed by atoms with E-state index in [0.717, 1.165) is 0 Å². The summed E-state index contributed by atoms with van der Waals surface area (Å²) in [4.78, 5) is 24.5. The van der Waals surface area contributed by atoms with Gasteiger partial charge in [0.1, 0.15) is 0 Å². The van der Waals surface area contributed by atoms with Crippen molar-refractivity contribution in [1.82, 2.24) is 4.98 Å². The lowest BCUT2D eigenvalue weighted by Gasteiger charge is -2.01. The molecule has 0 fully saturated rings. The highest BCUT2D eigenvalue weighted by atomic mass is 35.5. The van der Waals surface area contributed by atoms with E-state index in [-0.39, 0.29) is 26.7 Å². The van der Waals surface area contributed by atoms with Gasteiger partial charge in [0.05, 0.1) is 4.92 Å². The number of rotatable bonds is 4. The van der Waals surface area contributed by atoms with Gasteiger partial charge in [-0.25, -0.2) is 4.79 Å². The molecule has 0 bridgehead atoms. The minimum absolute atomic E-state index is 0.0325. The predicted octanol–water partition coefficient (Wildman–Crippen LogP) is 3.20. The quantitative estimate of drug-likeness (QED) is 0.687. The Bertz CT molecular complexity index is 657. The molecule has 9 heteroatoms. The van der Waals surface area contributed by atoms with Crippen LogP contribution >= 0.6 is 22.9 Å². The zero-order chi connectivity index (χ0) is 14.0. The molecule has 0 saturated carbocycles. The molecule has 1 aromatic heterocycles. The number of nitro groups is 1. The van der Waals surface area contributed by atoms with Crippen molar-refractivity contribution in [1.29, 1.82) is 0 Å². The molecule has 1 aromatic carbocycles. The van der Waals surface area contributed by atoms with Crippen molar-refractivity contribution in [3.63, 3.8) is 0 Å². The van der Waals surface area contributed by atoms with Crippen LogP contribution in [0.2, 0.25) is 5.15 Å². The molecule has 2 aromatic rings. The molecule has 0 saturated heterocycles. The van der Waals surface area contributed by atoms with E-state index in [1.54, 1.807) is 6.07 Å². The molecule has 19 heavy (non-hydrogen) atoms. The number of carboxylic acids is 1. The number of carbonyl (C=O) groups is 1. The molecular formula is C10H5ClN2O5S. The van der Waals surface area contributed by atoms with Gasteiger partial charge in [0.15, 0.2) is 10.0 Å². The molecule has 0 atom stereocenters. The third-order valence-electron chi connectivity index (χ3n) is 2.02. The van der Waals surface area contributed by atoms with Crippen molar-refractivity contribution in [2.45, 2.75) is 0 Å². The van der Waals surface area contributed by atoms with Gasteiger partial charge in [-0.2, -0.15) is 4.98 Å². The number of halogens is 1. The first-order valence-electron chi connectivity index (χ1n) is 4.80. The summed E-state index contributed by atoms with van der Waals surface area (Å²) in [5.74, 6) is -1.27. The van der Waals surface area contributed by atoms with Gasteiger partial charge >= 0.3 is 11.7 Å². The minimum Gasteiger partial charge on any atom is -0.477 e. The van der Waals surface area contributed by atoms with Gasteiger partial charge in [0.2, 0.25) is 5.75 Å². The van der Waals surface area contributed by atoms with E-state index >= 15 is 0 Å². The molecule has 98 valence electrons. The maximum Gasteiger partial charge on any atom is 0.349 e. The van der Waals surface area contributed by atoms with Crippen LogP contribution in [-0.4, -0.2) is 21.0 Å². The topological polar surface area (TPSA) is 103 Å². The van der Waals surface area contributed by atoms with Crippen molar-refractivity contribution in [2.24, 2.45) is 0 Å². The van der Waals surface area contributed by atoms with E-state index in [0.29, 0.717) is 11.3 Å². The van der Waals surface area contributed by atoms with Crippen molar-refractivity contribution < 1.29 is 19.6 Å². The lowest BCUT2D eigenvalue weighted by Crippen LogP contribution is -1.92. The Morgan fingerprint density at radius 1 is 1.47 bits per heavy atom. The van der Waals surface area contributed by atoms with Crippen LogP contribution in [0.15, 0.2) is 24.3 Å². The third kappa shape index (κ3) is 2.80. The normalized spacial score (nSPS) is 10.2. The molecule has 1 N–H and O–H groups in total. The van der Waals surface area contributed by atoms with Gasteiger partial charge in [-0.3, -0.25) is 10.1 Å². The van der Waals surface area contributed by atoms with Gasteiger partial charge in [0, 0.05) is 6.07 Å². The Hall–Kier alpha value is -2.19. The molecule has 0 spiro atoms. The SMILES string of the molecule is O=C(O)c1sc(Oc2ccccc2[N+](=O)[O-])nc1Cl. The van der Waals surface area contributed by atoms with Crippen LogP contribution < -0.4 is 4.74 Å². The Kier molecular flexibility index (Phi) is 3.63. The molecule has 0 amide bonds. The van der Waals surface area contributed by atoms with Crippen LogP contribution in [0.3, 0.4) is 0 Å². The number of para-hydroxylation sites is 2. The number of hydrogen-bond acceptors (Lipinski definition) is 6. The number of aromatic nitrogens is 1. The fraction of sp³-hybridized carbons (Fsp3) is 0. The Morgan fingerprint density at radius 3 is 2.74 bits per heavy atom. The summed E-state index contributed by atoms with van der Waals surface area (Å²) in [6.07, 6.45) is 0. The summed E-state index contributed by atoms with van der Waals surface area (Å²) in [6, 6.07) is 5.69. The zero-order valence-corrected chi connectivity index (χ0v) is 10.6. The summed E-state index contributed by atoms with van der Waals surface area (Å²) in [7, 11) is 0. The Balaban J connectivity index is 2.34. The average molecular weight is 301 g/mol. The summed E-state index contributed by atoms with van der Waals surface area (Å²) < 4.78 is 5.20. The van der Waals surface area contributed by atoms with E-state index in [2.05, 4.69) is 4.98 Å². The van der Waals surface area contributed by atoms with E-state index in [1.807, 2.05) is 0 Å². The first-order chi connectivity index (χ1) is 8.99. The van der Waals surface area contributed by atoms with Crippen LogP contribution in [0.25, 0.3) is 0 Å². The summed E-state index contributed by atoms with van der Waals surface area (Å²) in [5, 5.41) is 19.3. The monoisotopic (exact) mass is 300 g/mol. The fourth-order valence-corrected chi connectivity index (χ4v) is 2.23. The van der Waals surface area contributed by atoms with Crippen molar-refractivity contribution in [3.8, 4) is 10.9 Å². The standard InChI is InChI=1S/C10H5ClN2O5S/c11-8-7(9(14)15)19-10(12-8)18-6-4-2-1-3-5(6)13(16)17/h1-4H,(H,14,15). The lowest BCUT2D eigenvalue weighted by atomic mass is 10.3. The van der Waals surface area contributed by atoms with Gasteiger partial charge < -0.3 is 9.84 Å². The molecule has 2 rings (SSSR count). The van der Waals surface area contributed by atoms with E-state index in [1.165, 1.54) is 18.2 Å². The smallest absolute Gasteiger partial charge is 0.349 e. The van der Waals surface area contributed by atoms with Crippen LogP contribution in [0.4, 0.5) is 5.69 Å². The van der Waals surface area contributed by atoms with Gasteiger partial charge in [-0.05, 0) is 6.07 Å². The van der Waals surface area contributed by atoms with Crippen LogP contribution in [0.5, 0.6) is 10.9 Å². The van der Waals surface area contributed by atoms with E-state index < -0.39 is 10.9 Å². The Labute approximate surface area is 115 Å². The predicted molar refractivity (Wildman–Crippen MR) is 67.3 cm³/mol. The second-order valence-corrected chi connectivity index (χ2v) is 4.55. The largest absolute Gasteiger partial charge is 0.477 e. The van der Waals surface area contributed by atoms with Gasteiger partial charge in [-0.15, -0.1) is 0 Å². The summed E-state index contributed by atoms with van der Waals surface area (Å²) in [6.45, 7) is 0. The number of ether oxygens (including phenoxy) is 1. The van der Waals surface area contributed by atoms with E-state index in [4.69, 9.17) is 21.4 Å². The number of nitro benzene ring substituents is 1. The molecule has 0 aliphatic heterocycles. The highest BCUT2D eigenvalue weighted by Gasteiger charge is 2.20. The number of aromatic carboxylic acids is 1. The highest BCUT2D eigenvalue weighted by Crippen LogP contribution is 2.35. The molecule has 0 unspecified atom stereocenters. The molecule has 0 radical (unpaired) electrons. The number of benzene rings is 1. The molecule has 7 nitrogen and oxygen atoms in total. The van der Waals surface area contributed by atoms with Crippen LogP contribution in [-0.2, 0) is 0 Å². The first-order valence-corrected chi connectivity index (χ1v) is 5.99. The van der Waals surface area contributed by atoms with Crippen molar-refractivity contribution >= 4 is 34.6 Å². The first kappa shape index (κ1) is 13.2. The number of hydrogen-bond donors (Lipinski definition) is 1. The Morgan fingerprint density at radius 2 is 2.16 bits per heavy atom. The fourth-order valence-electron chi connectivity index (χ4n) is 1.25. The second-order valence-electron chi connectivity index (χ2n) is 3.23. The zero-order valence-electron chi connectivity index (χ0n) is 9.07. The minimum atomic E-state index is -1.24. The molecule has 0 aliphatic carbocycles. The van der Waals surface area contributed by atoms with Crippen molar-refractivity contribution in [2.75, 3.05) is 0 Å². The second kappa shape index (κ2) is 5.21. The average Bonchev–Trinajstić information content (AvgIpc) is 2.71. The van der Waals surface area contributed by atoms with Gasteiger partial charge in [-0.1, -0.05) is 35.1 Å². The number of nitrogens with zero attached hydrogens (tertiary/aromatic N) is 2.